The number of aliphatic hydroxyl groups excluding tert-OH is 1. The number of anilines is 3. The minimum atomic E-state index is -0.150. The zero-order valence-electron chi connectivity index (χ0n) is 15.2. The monoisotopic (exact) mass is 349 g/mol. The van der Waals surface area contributed by atoms with Crippen molar-refractivity contribution in [3.8, 4) is 11.4 Å². The summed E-state index contributed by atoms with van der Waals surface area (Å²) < 4.78 is 0. The fraction of sp³-hybridized carbons (Fsp3) is 0.250. The Morgan fingerprint density at radius 3 is 2.62 bits per heavy atom. The van der Waals surface area contributed by atoms with Gasteiger partial charge in [0.1, 0.15) is 5.82 Å². The summed E-state index contributed by atoms with van der Waals surface area (Å²) in [6.07, 6.45) is 1.73. The zero-order valence-corrected chi connectivity index (χ0v) is 15.2. The van der Waals surface area contributed by atoms with Gasteiger partial charge in [-0.05, 0) is 50.1 Å². The molecular formula is C20H23N5O. The molecule has 0 unspecified atom stereocenters. The molecule has 3 N–H and O–H groups in total. The molecule has 6 nitrogen and oxygen atoms in total. The number of benzene rings is 1. The Bertz CT molecular complexity index is 883. The van der Waals surface area contributed by atoms with Gasteiger partial charge in [-0.25, -0.2) is 4.98 Å². The third-order valence-corrected chi connectivity index (χ3v) is 3.96. The number of aryl methyl sites for hydroxylation is 2. The Balaban J connectivity index is 2.00. The molecule has 26 heavy (non-hydrogen) atoms. The normalized spacial score (nSPS) is 11.8. The van der Waals surface area contributed by atoms with E-state index in [4.69, 9.17) is 0 Å². The molecule has 1 aromatic carbocycles. The maximum Gasteiger partial charge on any atom is 0.225 e. The van der Waals surface area contributed by atoms with Crippen molar-refractivity contribution in [2.75, 3.05) is 17.2 Å². The topological polar surface area (TPSA) is 83.0 Å². The van der Waals surface area contributed by atoms with Crippen molar-refractivity contribution in [1.29, 1.82) is 0 Å². The van der Waals surface area contributed by atoms with Crippen LogP contribution in [-0.2, 0) is 0 Å². The molecule has 0 aliphatic rings. The van der Waals surface area contributed by atoms with E-state index >= 15 is 0 Å². The molecular weight excluding hydrogens is 326 g/mol. The molecule has 134 valence electrons. The van der Waals surface area contributed by atoms with Gasteiger partial charge in [0.2, 0.25) is 5.95 Å². The molecule has 0 aliphatic heterocycles. The van der Waals surface area contributed by atoms with Crippen LogP contribution in [0.1, 0.15) is 18.1 Å². The number of rotatable bonds is 6. The van der Waals surface area contributed by atoms with Crippen LogP contribution in [0.4, 0.5) is 17.5 Å². The highest BCUT2D eigenvalue weighted by atomic mass is 16.3. The zero-order chi connectivity index (χ0) is 18.5. The molecule has 0 amide bonds. The van der Waals surface area contributed by atoms with E-state index in [-0.39, 0.29) is 12.6 Å². The fourth-order valence-electron chi connectivity index (χ4n) is 2.50. The van der Waals surface area contributed by atoms with Crippen LogP contribution in [0.2, 0.25) is 0 Å². The summed E-state index contributed by atoms with van der Waals surface area (Å²) in [6, 6.07) is 13.7. The number of hydrogen-bond acceptors (Lipinski definition) is 6. The number of aliphatic hydroxyl groups is 1. The van der Waals surface area contributed by atoms with Gasteiger partial charge in [-0.1, -0.05) is 18.2 Å². The van der Waals surface area contributed by atoms with Crippen molar-refractivity contribution in [1.82, 2.24) is 15.0 Å². The lowest BCUT2D eigenvalue weighted by atomic mass is 10.1. The molecule has 2 aromatic heterocycles. The summed E-state index contributed by atoms with van der Waals surface area (Å²) in [5.74, 6) is 1.12. The third-order valence-electron chi connectivity index (χ3n) is 3.96. The van der Waals surface area contributed by atoms with Gasteiger partial charge in [0.15, 0.2) is 0 Å². The van der Waals surface area contributed by atoms with E-state index in [2.05, 4.69) is 57.6 Å². The number of pyridine rings is 1. The van der Waals surface area contributed by atoms with Crippen LogP contribution in [0.5, 0.6) is 0 Å². The summed E-state index contributed by atoms with van der Waals surface area (Å²) in [5.41, 5.74) is 4.77. The maximum absolute atomic E-state index is 9.31. The van der Waals surface area contributed by atoms with E-state index in [1.165, 1.54) is 5.56 Å². The molecule has 3 aromatic rings. The molecule has 0 radical (unpaired) electrons. The molecule has 2 heterocycles. The van der Waals surface area contributed by atoms with Crippen LogP contribution in [0, 0.1) is 13.8 Å². The van der Waals surface area contributed by atoms with Crippen LogP contribution in [0.25, 0.3) is 11.4 Å². The highest BCUT2D eigenvalue weighted by molar-refractivity contribution is 5.67. The Hall–Kier alpha value is -2.99. The van der Waals surface area contributed by atoms with Gasteiger partial charge < -0.3 is 15.7 Å². The van der Waals surface area contributed by atoms with Gasteiger partial charge in [0, 0.05) is 24.0 Å². The molecule has 6 heteroatoms. The molecule has 0 fully saturated rings. The first kappa shape index (κ1) is 17.8. The summed E-state index contributed by atoms with van der Waals surface area (Å²) in [4.78, 5) is 13.5. The van der Waals surface area contributed by atoms with Crippen molar-refractivity contribution in [3.63, 3.8) is 0 Å². The lowest BCUT2D eigenvalue weighted by Crippen LogP contribution is -2.21. The van der Waals surface area contributed by atoms with Crippen LogP contribution in [0.15, 0.2) is 48.7 Å². The van der Waals surface area contributed by atoms with Gasteiger partial charge in [-0.3, -0.25) is 4.98 Å². The fourth-order valence-corrected chi connectivity index (χ4v) is 2.50. The van der Waals surface area contributed by atoms with Gasteiger partial charge in [-0.2, -0.15) is 4.98 Å². The third kappa shape index (κ3) is 4.34. The van der Waals surface area contributed by atoms with Crippen LogP contribution in [-0.4, -0.2) is 32.7 Å². The van der Waals surface area contributed by atoms with Crippen LogP contribution < -0.4 is 10.6 Å². The van der Waals surface area contributed by atoms with Gasteiger partial charge in [-0.15, -0.1) is 0 Å². The van der Waals surface area contributed by atoms with E-state index < -0.39 is 0 Å². The molecule has 0 saturated carbocycles. The Morgan fingerprint density at radius 2 is 1.88 bits per heavy atom. The van der Waals surface area contributed by atoms with E-state index in [1.807, 2.05) is 31.2 Å². The van der Waals surface area contributed by atoms with E-state index in [9.17, 15) is 5.11 Å². The standard InChI is InChI=1S/C20H23N5O/c1-13-7-8-14(2)17(10-13)23-19-11-18(16-6-4-5-9-21-16)24-20(25-19)22-15(3)12-26/h4-11,15,26H,12H2,1-3H3,(H2,22,23,24,25)/t15-/m1/s1. The highest BCUT2D eigenvalue weighted by Crippen LogP contribution is 2.25. The molecule has 0 spiro atoms. The van der Waals surface area contributed by atoms with Gasteiger partial charge >= 0.3 is 0 Å². The summed E-state index contributed by atoms with van der Waals surface area (Å²) >= 11 is 0. The first-order valence-electron chi connectivity index (χ1n) is 8.57. The first-order valence-corrected chi connectivity index (χ1v) is 8.57. The summed E-state index contributed by atoms with van der Waals surface area (Å²) in [6.45, 7) is 5.97. The molecule has 0 saturated heterocycles. The Kier molecular flexibility index (Phi) is 5.43. The molecule has 0 bridgehead atoms. The first-order chi connectivity index (χ1) is 12.5. The van der Waals surface area contributed by atoms with Crippen LogP contribution >= 0.6 is 0 Å². The second-order valence-electron chi connectivity index (χ2n) is 6.35. The summed E-state index contributed by atoms with van der Waals surface area (Å²) in [7, 11) is 0. The second kappa shape index (κ2) is 7.93. The number of hydrogen-bond donors (Lipinski definition) is 3. The van der Waals surface area contributed by atoms with E-state index in [0.717, 1.165) is 16.9 Å². The second-order valence-corrected chi connectivity index (χ2v) is 6.35. The Labute approximate surface area is 153 Å². The lowest BCUT2D eigenvalue weighted by molar-refractivity contribution is 0.281. The molecule has 1 atom stereocenters. The summed E-state index contributed by atoms with van der Waals surface area (Å²) in [5, 5.41) is 15.8. The largest absolute Gasteiger partial charge is 0.394 e. The predicted octanol–water partition coefficient (Wildman–Crippen LogP) is 3.69. The minimum absolute atomic E-state index is 0.00305. The van der Waals surface area contributed by atoms with Crippen molar-refractivity contribution in [2.24, 2.45) is 0 Å². The van der Waals surface area contributed by atoms with Crippen molar-refractivity contribution >= 4 is 17.5 Å². The quantitative estimate of drug-likeness (QED) is 0.629. The number of aromatic nitrogens is 3. The molecule has 0 aliphatic carbocycles. The average Bonchev–Trinajstić information content (AvgIpc) is 2.65. The predicted molar refractivity (Wildman–Crippen MR) is 105 cm³/mol. The van der Waals surface area contributed by atoms with Crippen molar-refractivity contribution in [3.05, 3.63) is 59.8 Å². The number of nitrogens with zero attached hydrogens (tertiary/aromatic N) is 3. The average molecular weight is 349 g/mol. The molecule has 3 rings (SSSR count). The maximum atomic E-state index is 9.31. The van der Waals surface area contributed by atoms with Gasteiger partial charge in [0.05, 0.1) is 18.0 Å². The minimum Gasteiger partial charge on any atom is -0.394 e. The van der Waals surface area contributed by atoms with E-state index in [1.54, 1.807) is 6.20 Å². The SMILES string of the molecule is Cc1ccc(C)c(Nc2cc(-c3ccccn3)nc(N[C@H](C)CO)n2)c1. The lowest BCUT2D eigenvalue weighted by Gasteiger charge is -2.15. The smallest absolute Gasteiger partial charge is 0.225 e. The van der Waals surface area contributed by atoms with Crippen molar-refractivity contribution in [2.45, 2.75) is 26.8 Å². The van der Waals surface area contributed by atoms with E-state index in [0.29, 0.717) is 17.5 Å². The Morgan fingerprint density at radius 1 is 1.04 bits per heavy atom. The van der Waals surface area contributed by atoms with Gasteiger partial charge in [0.25, 0.3) is 0 Å². The number of nitrogens with one attached hydrogen (secondary N) is 2. The highest BCUT2D eigenvalue weighted by Gasteiger charge is 2.11. The van der Waals surface area contributed by atoms with Crippen molar-refractivity contribution < 1.29 is 5.11 Å². The van der Waals surface area contributed by atoms with Crippen LogP contribution in [0.3, 0.4) is 0 Å².